The maximum absolute atomic E-state index is 13.2. The van der Waals surface area contributed by atoms with Gasteiger partial charge >= 0.3 is 6.18 Å². The van der Waals surface area contributed by atoms with Crippen molar-refractivity contribution in [1.82, 2.24) is 14.3 Å². The Labute approximate surface area is 195 Å². The van der Waals surface area contributed by atoms with Crippen LogP contribution in [0.1, 0.15) is 29.5 Å². The van der Waals surface area contributed by atoms with Gasteiger partial charge in [-0.25, -0.2) is 18.4 Å². The quantitative estimate of drug-likeness (QED) is 0.588. The van der Waals surface area contributed by atoms with Crippen molar-refractivity contribution >= 4 is 16.0 Å². The molecule has 1 aliphatic carbocycles. The van der Waals surface area contributed by atoms with E-state index in [1.807, 2.05) is 24.4 Å². The van der Waals surface area contributed by atoms with Crippen LogP contribution in [-0.4, -0.2) is 42.8 Å². The number of hydrogen-bond donors (Lipinski definition) is 1. The van der Waals surface area contributed by atoms with E-state index in [-0.39, 0.29) is 23.4 Å². The van der Waals surface area contributed by atoms with Gasteiger partial charge in [-0.05, 0) is 48.6 Å². The van der Waals surface area contributed by atoms with E-state index in [1.54, 1.807) is 7.05 Å². The van der Waals surface area contributed by atoms with Crippen LogP contribution in [0, 0.1) is 0 Å². The van der Waals surface area contributed by atoms with Crippen molar-refractivity contribution in [1.29, 1.82) is 0 Å². The summed E-state index contributed by atoms with van der Waals surface area (Å²) in [5.74, 6) is 0.534. The standard InChI is InChI=1S/C24H23F3N4O2S/c1-28-22-29-15-16-14-23(20-8-3-2-7-19(20)21(16)30-22)9-11-31(12-10-23)34(32,33)18-6-4-5-17(13-18)24(25,26)27/h2-8,13,15H,9-12,14H2,1H3,(H,28,29,30). The van der Waals surface area contributed by atoms with E-state index in [9.17, 15) is 21.6 Å². The number of aromatic nitrogens is 2. The summed E-state index contributed by atoms with van der Waals surface area (Å²) in [6.07, 6.45) is -1.00. The van der Waals surface area contributed by atoms with E-state index in [4.69, 9.17) is 0 Å². The number of fused-ring (bicyclic) bond motifs is 4. The second-order valence-corrected chi connectivity index (χ2v) is 10.7. The molecule has 0 amide bonds. The third-order valence-electron chi connectivity index (χ3n) is 6.85. The Morgan fingerprint density at radius 1 is 1.06 bits per heavy atom. The lowest BCUT2D eigenvalue weighted by Gasteiger charge is -2.45. The number of halogens is 3. The number of piperidine rings is 1. The van der Waals surface area contributed by atoms with Crippen molar-refractivity contribution in [2.24, 2.45) is 0 Å². The highest BCUT2D eigenvalue weighted by Crippen LogP contribution is 2.48. The minimum atomic E-state index is -4.61. The van der Waals surface area contributed by atoms with Crippen LogP contribution in [0.5, 0.6) is 0 Å². The second kappa shape index (κ2) is 8.06. The van der Waals surface area contributed by atoms with E-state index in [2.05, 4.69) is 21.4 Å². The molecule has 1 fully saturated rings. The summed E-state index contributed by atoms with van der Waals surface area (Å²) in [4.78, 5) is 8.68. The van der Waals surface area contributed by atoms with Crippen molar-refractivity contribution in [2.45, 2.75) is 35.7 Å². The summed E-state index contributed by atoms with van der Waals surface area (Å²) in [6.45, 7) is 0.440. The van der Waals surface area contributed by atoms with Gasteiger partial charge in [0.2, 0.25) is 16.0 Å². The number of alkyl halides is 3. The molecule has 178 valence electrons. The summed E-state index contributed by atoms with van der Waals surface area (Å²) >= 11 is 0. The first-order valence-electron chi connectivity index (χ1n) is 11.0. The summed E-state index contributed by atoms with van der Waals surface area (Å²) in [5.41, 5.74) is 2.76. The third kappa shape index (κ3) is 3.74. The van der Waals surface area contributed by atoms with Gasteiger partial charge in [-0.1, -0.05) is 30.3 Å². The molecular formula is C24H23F3N4O2S. The first-order valence-corrected chi connectivity index (χ1v) is 12.4. The largest absolute Gasteiger partial charge is 0.416 e. The molecule has 0 radical (unpaired) electrons. The molecule has 2 aromatic carbocycles. The van der Waals surface area contributed by atoms with Crippen molar-refractivity contribution in [3.63, 3.8) is 0 Å². The molecule has 10 heteroatoms. The maximum atomic E-state index is 13.2. The first kappa shape index (κ1) is 22.8. The minimum Gasteiger partial charge on any atom is -0.357 e. The van der Waals surface area contributed by atoms with Crippen LogP contribution in [0.25, 0.3) is 11.3 Å². The SMILES string of the molecule is CNc1ncc2c(n1)-c1ccccc1C1(CCN(S(=O)(=O)c3cccc(C(F)(F)F)c3)CC1)C2. The van der Waals surface area contributed by atoms with Crippen LogP contribution < -0.4 is 5.32 Å². The Morgan fingerprint density at radius 2 is 1.79 bits per heavy atom. The number of nitrogens with one attached hydrogen (secondary N) is 1. The van der Waals surface area contributed by atoms with Crippen LogP contribution in [0.2, 0.25) is 0 Å². The molecule has 0 atom stereocenters. The Kier molecular flexibility index (Phi) is 5.40. The molecular weight excluding hydrogens is 465 g/mol. The molecule has 0 bridgehead atoms. The zero-order chi connectivity index (χ0) is 24.1. The lowest BCUT2D eigenvalue weighted by atomic mass is 9.64. The zero-order valence-electron chi connectivity index (χ0n) is 18.4. The maximum Gasteiger partial charge on any atom is 0.416 e. The van der Waals surface area contributed by atoms with Gasteiger partial charge in [-0.2, -0.15) is 17.5 Å². The highest BCUT2D eigenvalue weighted by Gasteiger charge is 2.44. The molecule has 6 nitrogen and oxygen atoms in total. The van der Waals surface area contributed by atoms with Crippen LogP contribution in [0.3, 0.4) is 0 Å². The lowest BCUT2D eigenvalue weighted by molar-refractivity contribution is -0.137. The Bertz CT molecular complexity index is 1350. The molecule has 1 spiro atoms. The minimum absolute atomic E-state index is 0.220. The highest BCUT2D eigenvalue weighted by molar-refractivity contribution is 7.89. The van der Waals surface area contributed by atoms with Crippen LogP contribution in [0.15, 0.2) is 59.6 Å². The zero-order valence-corrected chi connectivity index (χ0v) is 19.2. The summed E-state index contributed by atoms with van der Waals surface area (Å²) in [5, 5.41) is 2.96. The van der Waals surface area contributed by atoms with E-state index in [1.165, 1.54) is 10.4 Å². The molecule has 1 aliphatic heterocycles. The monoisotopic (exact) mass is 488 g/mol. The molecule has 0 saturated carbocycles. The van der Waals surface area contributed by atoms with Crippen molar-refractivity contribution in [3.05, 3.63) is 71.4 Å². The number of sulfonamides is 1. The van der Waals surface area contributed by atoms with Gasteiger partial charge in [-0.3, -0.25) is 0 Å². The van der Waals surface area contributed by atoms with E-state index >= 15 is 0 Å². The van der Waals surface area contributed by atoms with E-state index in [0.717, 1.165) is 34.5 Å². The Balaban J connectivity index is 1.45. The summed E-state index contributed by atoms with van der Waals surface area (Å²) in [7, 11) is -2.28. The number of nitrogens with zero attached hydrogens (tertiary/aromatic N) is 3. The average molecular weight is 489 g/mol. The van der Waals surface area contributed by atoms with Crippen LogP contribution in [0.4, 0.5) is 19.1 Å². The third-order valence-corrected chi connectivity index (χ3v) is 8.74. The fourth-order valence-corrected chi connectivity index (χ4v) is 6.57. The fourth-order valence-electron chi connectivity index (χ4n) is 5.08. The number of hydrogen-bond acceptors (Lipinski definition) is 5. The summed E-state index contributed by atoms with van der Waals surface area (Å²) < 4.78 is 67.0. The van der Waals surface area contributed by atoms with Gasteiger partial charge < -0.3 is 5.32 Å². The molecule has 1 N–H and O–H groups in total. The molecule has 1 aromatic heterocycles. The molecule has 2 heterocycles. The molecule has 34 heavy (non-hydrogen) atoms. The average Bonchev–Trinajstić information content (AvgIpc) is 2.84. The van der Waals surface area contributed by atoms with Gasteiger partial charge in [0.1, 0.15) is 0 Å². The van der Waals surface area contributed by atoms with Gasteiger partial charge in [-0.15, -0.1) is 0 Å². The van der Waals surface area contributed by atoms with Gasteiger partial charge in [0.05, 0.1) is 16.2 Å². The van der Waals surface area contributed by atoms with Crippen molar-refractivity contribution in [2.75, 3.05) is 25.5 Å². The van der Waals surface area contributed by atoms with Crippen LogP contribution >= 0.6 is 0 Å². The fraction of sp³-hybridized carbons (Fsp3) is 0.333. The van der Waals surface area contributed by atoms with Gasteiger partial charge in [0.15, 0.2) is 0 Å². The summed E-state index contributed by atoms with van der Waals surface area (Å²) in [6, 6.07) is 12.0. The topological polar surface area (TPSA) is 75.2 Å². The second-order valence-electron chi connectivity index (χ2n) is 8.75. The highest BCUT2D eigenvalue weighted by atomic mass is 32.2. The first-order chi connectivity index (χ1) is 16.1. The van der Waals surface area contributed by atoms with Crippen LogP contribution in [-0.2, 0) is 28.0 Å². The Morgan fingerprint density at radius 3 is 2.50 bits per heavy atom. The number of rotatable bonds is 3. The molecule has 2 aliphatic rings. The molecule has 1 saturated heterocycles. The molecule has 5 rings (SSSR count). The van der Waals surface area contributed by atoms with E-state index in [0.29, 0.717) is 31.3 Å². The van der Waals surface area contributed by atoms with Crippen molar-refractivity contribution < 1.29 is 21.6 Å². The molecule has 0 unspecified atom stereocenters. The van der Waals surface area contributed by atoms with E-state index < -0.39 is 21.8 Å². The normalized spacial score (nSPS) is 17.8. The van der Waals surface area contributed by atoms with Gasteiger partial charge in [0.25, 0.3) is 0 Å². The lowest BCUT2D eigenvalue weighted by Crippen LogP contribution is -2.47. The number of benzene rings is 2. The molecule has 3 aromatic rings. The smallest absolute Gasteiger partial charge is 0.357 e. The van der Waals surface area contributed by atoms with Gasteiger partial charge in [0, 0.05) is 37.3 Å². The number of anilines is 1. The predicted molar refractivity (Wildman–Crippen MR) is 122 cm³/mol. The predicted octanol–water partition coefficient (Wildman–Crippen LogP) is 4.48. The van der Waals surface area contributed by atoms with Crippen molar-refractivity contribution in [3.8, 4) is 11.3 Å². The Hall–Kier alpha value is -2.98.